The van der Waals surface area contributed by atoms with Gasteiger partial charge in [-0.25, -0.2) is 9.97 Å². The van der Waals surface area contributed by atoms with E-state index < -0.39 is 0 Å². The summed E-state index contributed by atoms with van der Waals surface area (Å²) in [5.41, 5.74) is 1.40. The van der Waals surface area contributed by atoms with Crippen LogP contribution in [0.2, 0.25) is 0 Å². The second-order valence-corrected chi connectivity index (χ2v) is 6.26. The highest BCUT2D eigenvalue weighted by molar-refractivity contribution is 9.10. The molecule has 0 saturated carbocycles. The normalized spacial score (nSPS) is 11.2. The van der Waals surface area contributed by atoms with E-state index in [1.54, 1.807) is 7.05 Å². The molecule has 0 amide bonds. The number of hydrogen-bond donors (Lipinski definition) is 1. The number of anilines is 1. The predicted molar refractivity (Wildman–Crippen MR) is 84.5 cm³/mol. The van der Waals surface area contributed by atoms with Crippen LogP contribution in [0, 0.1) is 0 Å². The molecule has 0 unspecified atom stereocenters. The number of aromatic nitrogens is 2. The maximum atomic E-state index is 5.78. The van der Waals surface area contributed by atoms with Crippen molar-refractivity contribution in [2.24, 2.45) is 0 Å². The molecule has 2 rings (SSSR count). The third-order valence-corrected chi connectivity index (χ3v) is 3.64. The molecule has 0 aliphatic carbocycles. The van der Waals surface area contributed by atoms with Crippen molar-refractivity contribution < 1.29 is 4.74 Å². The molecule has 106 valence electrons. The summed E-state index contributed by atoms with van der Waals surface area (Å²) in [5.74, 6) is 1.94. The molecule has 5 heteroatoms. The Labute approximate surface area is 127 Å². The van der Waals surface area contributed by atoms with Gasteiger partial charge in [-0.1, -0.05) is 32.9 Å². The Kier molecular flexibility index (Phi) is 4.28. The summed E-state index contributed by atoms with van der Waals surface area (Å²) < 4.78 is 6.49. The minimum Gasteiger partial charge on any atom is -0.438 e. The monoisotopic (exact) mass is 335 g/mol. The number of halogens is 1. The molecule has 0 atom stereocenters. The number of ether oxygens (including phenoxy) is 1. The van der Waals surface area contributed by atoms with E-state index in [1.165, 1.54) is 11.9 Å². The topological polar surface area (TPSA) is 47.0 Å². The van der Waals surface area contributed by atoms with E-state index >= 15 is 0 Å². The summed E-state index contributed by atoms with van der Waals surface area (Å²) in [6.45, 7) is 6.55. The molecule has 0 aliphatic rings. The van der Waals surface area contributed by atoms with Crippen LogP contribution in [0.4, 0.5) is 5.82 Å². The highest BCUT2D eigenvalue weighted by Gasteiger charge is 2.14. The number of rotatable bonds is 3. The predicted octanol–water partition coefficient (Wildman–Crippen LogP) is 4.37. The van der Waals surface area contributed by atoms with Crippen LogP contribution in [-0.4, -0.2) is 17.0 Å². The zero-order valence-electron chi connectivity index (χ0n) is 12.1. The van der Waals surface area contributed by atoms with Gasteiger partial charge >= 0.3 is 0 Å². The van der Waals surface area contributed by atoms with Crippen molar-refractivity contribution >= 4 is 21.7 Å². The van der Waals surface area contributed by atoms with Crippen molar-refractivity contribution in [3.8, 4) is 11.6 Å². The molecule has 0 bridgehead atoms. The van der Waals surface area contributed by atoms with E-state index in [1.807, 2.05) is 12.1 Å². The average Bonchev–Trinajstić information content (AvgIpc) is 2.41. The fourth-order valence-corrected chi connectivity index (χ4v) is 2.22. The lowest BCUT2D eigenvalue weighted by molar-refractivity contribution is 0.457. The molecule has 0 radical (unpaired) electrons. The lowest BCUT2D eigenvalue weighted by Crippen LogP contribution is -2.10. The summed E-state index contributed by atoms with van der Waals surface area (Å²) >= 11 is 3.43. The standard InChI is InChI=1S/C15H18BrN3O/c1-15(2,3)10-5-7-11(8-6-10)20-14-12(16)13(17-4)18-9-19-14/h5-9H,1-4H3,(H,17,18,19). The third kappa shape index (κ3) is 3.28. The lowest BCUT2D eigenvalue weighted by Gasteiger charge is -2.19. The second kappa shape index (κ2) is 5.79. The van der Waals surface area contributed by atoms with Gasteiger partial charge in [0.2, 0.25) is 5.88 Å². The van der Waals surface area contributed by atoms with Crippen molar-refractivity contribution in [2.45, 2.75) is 26.2 Å². The van der Waals surface area contributed by atoms with Gasteiger partial charge in [0.1, 0.15) is 22.4 Å². The minimum absolute atomic E-state index is 0.132. The maximum Gasteiger partial charge on any atom is 0.238 e. The molecule has 1 aromatic carbocycles. The molecule has 4 nitrogen and oxygen atoms in total. The first-order valence-electron chi connectivity index (χ1n) is 6.38. The second-order valence-electron chi connectivity index (χ2n) is 5.47. The Hall–Kier alpha value is -1.62. The zero-order chi connectivity index (χ0) is 14.8. The molecule has 20 heavy (non-hydrogen) atoms. The number of nitrogens with zero attached hydrogens (tertiary/aromatic N) is 2. The van der Waals surface area contributed by atoms with Gasteiger partial charge in [0, 0.05) is 7.05 Å². The van der Waals surface area contributed by atoms with Crippen molar-refractivity contribution in [3.63, 3.8) is 0 Å². The molecule has 0 aliphatic heterocycles. The zero-order valence-corrected chi connectivity index (χ0v) is 13.7. The first kappa shape index (κ1) is 14.8. The summed E-state index contributed by atoms with van der Waals surface area (Å²) in [6, 6.07) is 8.05. The van der Waals surface area contributed by atoms with Gasteiger partial charge in [-0.15, -0.1) is 0 Å². The minimum atomic E-state index is 0.132. The van der Waals surface area contributed by atoms with E-state index in [-0.39, 0.29) is 5.41 Å². The third-order valence-electron chi connectivity index (χ3n) is 2.93. The number of benzene rings is 1. The highest BCUT2D eigenvalue weighted by Crippen LogP contribution is 2.32. The maximum absolute atomic E-state index is 5.78. The van der Waals surface area contributed by atoms with Gasteiger partial charge in [0.15, 0.2) is 0 Å². The van der Waals surface area contributed by atoms with Crippen LogP contribution in [0.3, 0.4) is 0 Å². The van der Waals surface area contributed by atoms with Crippen molar-refractivity contribution in [2.75, 3.05) is 12.4 Å². The van der Waals surface area contributed by atoms with Crippen LogP contribution in [0.25, 0.3) is 0 Å². The summed E-state index contributed by atoms with van der Waals surface area (Å²) in [7, 11) is 1.80. The molecular weight excluding hydrogens is 318 g/mol. The van der Waals surface area contributed by atoms with Gasteiger partial charge in [-0.3, -0.25) is 0 Å². The van der Waals surface area contributed by atoms with Crippen molar-refractivity contribution in [1.29, 1.82) is 0 Å². The Bertz CT molecular complexity index is 591. The van der Waals surface area contributed by atoms with Crippen LogP contribution < -0.4 is 10.1 Å². The first-order chi connectivity index (χ1) is 9.41. The number of hydrogen-bond acceptors (Lipinski definition) is 4. The van der Waals surface area contributed by atoms with E-state index in [4.69, 9.17) is 4.74 Å². The van der Waals surface area contributed by atoms with E-state index in [0.29, 0.717) is 16.2 Å². The van der Waals surface area contributed by atoms with Crippen LogP contribution in [-0.2, 0) is 5.41 Å². The van der Waals surface area contributed by atoms with Crippen molar-refractivity contribution in [3.05, 3.63) is 40.6 Å². The van der Waals surface area contributed by atoms with Crippen LogP contribution in [0.1, 0.15) is 26.3 Å². The van der Waals surface area contributed by atoms with Crippen molar-refractivity contribution in [1.82, 2.24) is 9.97 Å². The highest BCUT2D eigenvalue weighted by atomic mass is 79.9. The summed E-state index contributed by atoms with van der Waals surface area (Å²) in [5, 5.41) is 2.97. The molecule has 1 aromatic heterocycles. The Balaban J connectivity index is 2.23. The molecule has 2 aromatic rings. The lowest BCUT2D eigenvalue weighted by atomic mass is 9.87. The Morgan fingerprint density at radius 2 is 1.75 bits per heavy atom. The van der Waals surface area contributed by atoms with E-state index in [0.717, 1.165) is 5.75 Å². The fraction of sp³-hybridized carbons (Fsp3) is 0.333. The molecule has 0 saturated heterocycles. The van der Waals surface area contributed by atoms with Crippen LogP contribution >= 0.6 is 15.9 Å². The Morgan fingerprint density at radius 1 is 1.10 bits per heavy atom. The number of nitrogens with one attached hydrogen (secondary N) is 1. The summed E-state index contributed by atoms with van der Waals surface area (Å²) in [4.78, 5) is 8.23. The molecular formula is C15H18BrN3O. The quantitative estimate of drug-likeness (QED) is 0.904. The van der Waals surface area contributed by atoms with Gasteiger partial charge < -0.3 is 10.1 Å². The average molecular weight is 336 g/mol. The van der Waals surface area contributed by atoms with Gasteiger partial charge in [0.05, 0.1) is 0 Å². The first-order valence-corrected chi connectivity index (χ1v) is 7.18. The van der Waals surface area contributed by atoms with Crippen LogP contribution in [0.5, 0.6) is 11.6 Å². The van der Waals surface area contributed by atoms with E-state index in [9.17, 15) is 0 Å². The van der Waals surface area contributed by atoms with Crippen LogP contribution in [0.15, 0.2) is 35.1 Å². The Morgan fingerprint density at radius 3 is 2.30 bits per heavy atom. The SMILES string of the molecule is CNc1ncnc(Oc2ccc(C(C)(C)C)cc2)c1Br. The van der Waals surface area contributed by atoms with Gasteiger partial charge in [0.25, 0.3) is 0 Å². The molecule has 0 fully saturated rings. The summed E-state index contributed by atoms with van der Waals surface area (Å²) in [6.07, 6.45) is 1.47. The largest absolute Gasteiger partial charge is 0.438 e. The molecule has 1 N–H and O–H groups in total. The van der Waals surface area contributed by atoms with E-state index in [2.05, 4.69) is 64.1 Å². The smallest absolute Gasteiger partial charge is 0.238 e. The van der Waals surface area contributed by atoms with Gasteiger partial charge in [-0.2, -0.15) is 0 Å². The van der Waals surface area contributed by atoms with Gasteiger partial charge in [-0.05, 0) is 39.0 Å². The molecule has 0 spiro atoms. The fourth-order valence-electron chi connectivity index (χ4n) is 1.73. The molecule has 1 heterocycles.